The number of thioether (sulfide) groups is 1. The molecular formula is C24H28N4O4S. The third kappa shape index (κ3) is 6.13. The lowest BCUT2D eigenvalue weighted by molar-refractivity contribution is -0.131. The van der Waals surface area contributed by atoms with E-state index in [-0.39, 0.29) is 30.1 Å². The molecule has 1 heterocycles. The number of hydrogen-bond donors (Lipinski definition) is 1. The number of carbonyl (C=O) groups is 3. The van der Waals surface area contributed by atoms with Gasteiger partial charge < -0.3 is 19.5 Å². The number of aromatic nitrogens is 2. The van der Waals surface area contributed by atoms with E-state index in [1.807, 2.05) is 48.7 Å². The number of esters is 1. The summed E-state index contributed by atoms with van der Waals surface area (Å²) in [6.07, 6.45) is 0. The molecule has 0 aliphatic rings. The van der Waals surface area contributed by atoms with Gasteiger partial charge in [-0.15, -0.1) is 0 Å². The maximum absolute atomic E-state index is 12.6. The molecule has 0 saturated carbocycles. The average molecular weight is 469 g/mol. The fraction of sp³-hybridized carbons (Fsp3) is 0.333. The van der Waals surface area contributed by atoms with Crippen molar-refractivity contribution in [1.29, 1.82) is 0 Å². The third-order valence-corrected chi connectivity index (χ3v) is 5.97. The van der Waals surface area contributed by atoms with Gasteiger partial charge in [0.05, 0.1) is 35.5 Å². The summed E-state index contributed by atoms with van der Waals surface area (Å²) in [5.74, 6) is -0.684. The van der Waals surface area contributed by atoms with E-state index < -0.39 is 0 Å². The van der Waals surface area contributed by atoms with Crippen molar-refractivity contribution in [3.05, 3.63) is 53.6 Å². The summed E-state index contributed by atoms with van der Waals surface area (Å²) in [6.45, 7) is 6.66. The van der Waals surface area contributed by atoms with Gasteiger partial charge >= 0.3 is 5.97 Å². The molecule has 3 aromatic rings. The van der Waals surface area contributed by atoms with Gasteiger partial charge in [-0.1, -0.05) is 29.5 Å². The van der Waals surface area contributed by atoms with E-state index in [0.29, 0.717) is 35.1 Å². The molecule has 0 bridgehead atoms. The number of aryl methyl sites for hydroxylation is 2. The van der Waals surface area contributed by atoms with Gasteiger partial charge in [0.2, 0.25) is 11.8 Å². The first-order chi connectivity index (χ1) is 15.8. The summed E-state index contributed by atoms with van der Waals surface area (Å²) in [7, 11) is 1.60. The summed E-state index contributed by atoms with van der Waals surface area (Å²) >= 11 is 1.30. The Bertz CT molecular complexity index is 1160. The van der Waals surface area contributed by atoms with E-state index in [4.69, 9.17) is 4.74 Å². The highest BCUT2D eigenvalue weighted by molar-refractivity contribution is 7.99. The van der Waals surface area contributed by atoms with Crippen LogP contribution < -0.4 is 5.32 Å². The molecule has 0 atom stereocenters. The molecule has 0 radical (unpaired) electrons. The topological polar surface area (TPSA) is 93.5 Å². The molecule has 33 heavy (non-hydrogen) atoms. The van der Waals surface area contributed by atoms with Crippen LogP contribution in [0.25, 0.3) is 11.0 Å². The minimum absolute atomic E-state index is 0.0413. The number of ether oxygens (including phenoxy) is 1. The molecule has 1 aromatic heterocycles. The van der Waals surface area contributed by atoms with E-state index in [1.165, 1.54) is 16.7 Å². The van der Waals surface area contributed by atoms with E-state index in [9.17, 15) is 14.4 Å². The molecule has 0 fully saturated rings. The summed E-state index contributed by atoms with van der Waals surface area (Å²) in [6, 6.07) is 12.7. The van der Waals surface area contributed by atoms with Crippen molar-refractivity contribution in [3.63, 3.8) is 0 Å². The highest BCUT2D eigenvalue weighted by Crippen LogP contribution is 2.25. The zero-order valence-corrected chi connectivity index (χ0v) is 20.1. The van der Waals surface area contributed by atoms with Crippen molar-refractivity contribution >= 4 is 46.3 Å². The van der Waals surface area contributed by atoms with Gasteiger partial charge in [0.25, 0.3) is 0 Å². The van der Waals surface area contributed by atoms with Crippen LogP contribution in [-0.2, 0) is 20.9 Å². The molecule has 3 rings (SSSR count). The Balaban J connectivity index is 1.62. The second kappa shape index (κ2) is 11.0. The lowest BCUT2D eigenvalue weighted by atomic mass is 10.2. The van der Waals surface area contributed by atoms with E-state index in [0.717, 1.165) is 11.1 Å². The molecule has 8 nitrogen and oxygen atoms in total. The Labute approximate surface area is 197 Å². The second-order valence-electron chi connectivity index (χ2n) is 7.52. The third-order valence-electron chi connectivity index (χ3n) is 5.01. The number of carbonyl (C=O) groups excluding carboxylic acids is 3. The van der Waals surface area contributed by atoms with Gasteiger partial charge in [-0.2, -0.15) is 0 Å². The maximum Gasteiger partial charge on any atom is 0.338 e. The molecule has 9 heteroatoms. The number of amides is 2. The number of fused-ring (bicyclic) bond motifs is 1. The number of rotatable bonds is 9. The van der Waals surface area contributed by atoms with Crippen molar-refractivity contribution < 1.29 is 19.1 Å². The van der Waals surface area contributed by atoms with Crippen molar-refractivity contribution in [2.24, 2.45) is 0 Å². The smallest absolute Gasteiger partial charge is 0.338 e. The predicted molar refractivity (Wildman–Crippen MR) is 130 cm³/mol. The van der Waals surface area contributed by atoms with Gasteiger partial charge in [0.1, 0.15) is 0 Å². The summed E-state index contributed by atoms with van der Waals surface area (Å²) in [5, 5.41) is 3.47. The van der Waals surface area contributed by atoms with Gasteiger partial charge in [0, 0.05) is 19.3 Å². The molecular weight excluding hydrogens is 440 g/mol. The van der Waals surface area contributed by atoms with Crippen LogP contribution in [0.1, 0.15) is 29.8 Å². The highest BCUT2D eigenvalue weighted by Gasteiger charge is 2.17. The van der Waals surface area contributed by atoms with Gasteiger partial charge in [-0.3, -0.25) is 9.59 Å². The number of benzene rings is 2. The zero-order chi connectivity index (χ0) is 24.0. The normalized spacial score (nSPS) is 10.8. The van der Waals surface area contributed by atoms with Crippen molar-refractivity contribution in [2.45, 2.75) is 32.5 Å². The highest BCUT2D eigenvalue weighted by atomic mass is 32.2. The Morgan fingerprint density at radius 3 is 2.52 bits per heavy atom. The monoisotopic (exact) mass is 468 g/mol. The first-order valence-electron chi connectivity index (χ1n) is 10.7. The van der Waals surface area contributed by atoms with Gasteiger partial charge in [-0.25, -0.2) is 9.78 Å². The lowest BCUT2D eigenvalue weighted by Crippen LogP contribution is -2.36. The van der Waals surface area contributed by atoms with E-state index in [2.05, 4.69) is 10.3 Å². The quantitative estimate of drug-likeness (QED) is 0.380. The first kappa shape index (κ1) is 24.3. The summed E-state index contributed by atoms with van der Waals surface area (Å²) in [5.41, 5.74) is 3.79. The second-order valence-corrected chi connectivity index (χ2v) is 8.46. The fourth-order valence-corrected chi connectivity index (χ4v) is 4.26. The Hall–Kier alpha value is -3.33. The molecule has 0 unspecified atom stereocenters. The van der Waals surface area contributed by atoms with E-state index in [1.54, 1.807) is 26.1 Å². The minimum Gasteiger partial charge on any atom is -0.462 e. The number of hydrogen-bond acceptors (Lipinski definition) is 6. The first-order valence-corrected chi connectivity index (χ1v) is 11.7. The maximum atomic E-state index is 12.6. The Morgan fingerprint density at radius 2 is 1.85 bits per heavy atom. The van der Waals surface area contributed by atoms with Crippen molar-refractivity contribution in [3.8, 4) is 0 Å². The fourth-order valence-electron chi connectivity index (χ4n) is 3.24. The van der Waals surface area contributed by atoms with Crippen LogP contribution in [0.5, 0.6) is 0 Å². The van der Waals surface area contributed by atoms with Gasteiger partial charge in [-0.05, 0) is 51.1 Å². The van der Waals surface area contributed by atoms with Gasteiger partial charge in [0.15, 0.2) is 5.16 Å². The largest absolute Gasteiger partial charge is 0.462 e. The molecule has 1 N–H and O–H groups in total. The SMILES string of the molecule is CCOC(=O)c1ccc2c(c1)nc(SCC(=O)N(C)CC(=O)Nc1ccc(C)cc1)n2CC. The van der Waals surface area contributed by atoms with Crippen LogP contribution in [0.4, 0.5) is 5.69 Å². The zero-order valence-electron chi connectivity index (χ0n) is 19.3. The number of nitrogens with one attached hydrogen (secondary N) is 1. The van der Waals surface area contributed by atoms with Crippen LogP contribution in [0.3, 0.4) is 0 Å². The number of nitrogens with zero attached hydrogens (tertiary/aromatic N) is 3. The lowest BCUT2D eigenvalue weighted by Gasteiger charge is -2.16. The number of anilines is 1. The van der Waals surface area contributed by atoms with E-state index >= 15 is 0 Å². The predicted octanol–water partition coefficient (Wildman–Crippen LogP) is 3.73. The van der Waals surface area contributed by atoms with Crippen LogP contribution in [0.2, 0.25) is 0 Å². The molecule has 0 saturated heterocycles. The van der Waals surface area contributed by atoms with Crippen LogP contribution >= 0.6 is 11.8 Å². The molecule has 0 spiro atoms. The molecule has 0 aliphatic heterocycles. The summed E-state index contributed by atoms with van der Waals surface area (Å²) < 4.78 is 7.05. The van der Waals surface area contributed by atoms with Crippen LogP contribution in [0, 0.1) is 6.92 Å². The van der Waals surface area contributed by atoms with Crippen LogP contribution in [-0.4, -0.2) is 58.2 Å². The minimum atomic E-state index is -0.389. The molecule has 0 aliphatic carbocycles. The Morgan fingerprint density at radius 1 is 1.12 bits per heavy atom. The molecule has 174 valence electrons. The van der Waals surface area contributed by atoms with Crippen molar-refractivity contribution in [2.75, 3.05) is 31.3 Å². The average Bonchev–Trinajstić information content (AvgIpc) is 3.15. The van der Waals surface area contributed by atoms with Crippen molar-refractivity contribution in [1.82, 2.24) is 14.5 Å². The Kier molecular flexibility index (Phi) is 8.11. The number of imidazole rings is 1. The summed E-state index contributed by atoms with van der Waals surface area (Å²) in [4.78, 5) is 42.9. The molecule has 2 aromatic carbocycles. The molecule has 2 amide bonds. The standard InChI is InChI=1S/C24H28N4O4S/c1-5-28-20-12-9-17(23(31)32-6-2)13-19(20)26-24(28)33-15-22(30)27(4)14-21(29)25-18-10-7-16(3)8-11-18/h7-13H,5-6,14-15H2,1-4H3,(H,25,29). The van der Waals surface area contributed by atoms with Crippen LogP contribution in [0.15, 0.2) is 47.6 Å². The number of likely N-dealkylation sites (N-methyl/N-ethyl adjacent to an activating group) is 1.